The van der Waals surface area contributed by atoms with E-state index >= 15 is 0 Å². The number of benzene rings is 1. The van der Waals surface area contributed by atoms with Crippen molar-refractivity contribution in [1.29, 1.82) is 0 Å². The van der Waals surface area contributed by atoms with Crippen LogP contribution < -0.4 is 10.1 Å². The Labute approximate surface area is 124 Å². The summed E-state index contributed by atoms with van der Waals surface area (Å²) in [5.74, 6) is 0.935. The third-order valence-electron chi connectivity index (χ3n) is 3.71. The van der Waals surface area contributed by atoms with Crippen LogP contribution >= 0.6 is 0 Å². The Morgan fingerprint density at radius 2 is 1.50 bits per heavy atom. The van der Waals surface area contributed by atoms with E-state index in [1.165, 1.54) is 50.5 Å². The monoisotopic (exact) mass is 277 g/mol. The normalized spacial score (nSPS) is 10.7. The Bertz CT molecular complexity index is 321. The van der Waals surface area contributed by atoms with Crippen LogP contribution in [0.1, 0.15) is 57.4 Å². The molecule has 114 valence electrons. The molecule has 1 aromatic rings. The van der Waals surface area contributed by atoms with Gasteiger partial charge in [0.15, 0.2) is 0 Å². The van der Waals surface area contributed by atoms with E-state index in [2.05, 4.69) is 24.4 Å². The first-order valence-electron chi connectivity index (χ1n) is 8.20. The van der Waals surface area contributed by atoms with Gasteiger partial charge in [0.2, 0.25) is 0 Å². The Morgan fingerprint density at radius 1 is 0.850 bits per heavy atom. The molecule has 0 saturated carbocycles. The maximum Gasteiger partial charge on any atom is 0.118 e. The molecule has 0 spiro atoms. The lowest BCUT2D eigenvalue weighted by Gasteiger charge is -2.06. The number of methoxy groups -OCH3 is 1. The van der Waals surface area contributed by atoms with Crippen LogP contribution in [0.15, 0.2) is 24.3 Å². The summed E-state index contributed by atoms with van der Waals surface area (Å²) in [6, 6.07) is 8.36. The molecule has 0 atom stereocenters. The molecule has 20 heavy (non-hydrogen) atoms. The fourth-order valence-electron chi connectivity index (χ4n) is 2.36. The fourth-order valence-corrected chi connectivity index (χ4v) is 2.36. The van der Waals surface area contributed by atoms with Crippen LogP contribution in [-0.4, -0.2) is 20.2 Å². The molecule has 0 aromatic heterocycles. The van der Waals surface area contributed by atoms with Crippen molar-refractivity contribution in [2.75, 3.05) is 20.2 Å². The summed E-state index contributed by atoms with van der Waals surface area (Å²) in [6.45, 7) is 4.50. The highest BCUT2D eigenvalue weighted by molar-refractivity contribution is 5.27. The lowest BCUT2D eigenvalue weighted by atomic mass is 10.1. The first-order chi connectivity index (χ1) is 9.86. The second-order valence-corrected chi connectivity index (χ2v) is 5.47. The van der Waals surface area contributed by atoms with Crippen LogP contribution in [0.5, 0.6) is 5.75 Å². The topological polar surface area (TPSA) is 21.3 Å². The van der Waals surface area contributed by atoms with Crippen molar-refractivity contribution in [2.45, 2.75) is 58.3 Å². The second kappa shape index (κ2) is 11.8. The predicted molar refractivity (Wildman–Crippen MR) is 87.6 cm³/mol. The van der Waals surface area contributed by atoms with E-state index in [1.54, 1.807) is 7.11 Å². The minimum absolute atomic E-state index is 0.935. The minimum atomic E-state index is 0.935. The Balaban J connectivity index is 1.91. The number of ether oxygens (including phenoxy) is 1. The molecule has 1 aromatic carbocycles. The van der Waals surface area contributed by atoms with E-state index < -0.39 is 0 Å². The molecule has 0 fully saturated rings. The third-order valence-corrected chi connectivity index (χ3v) is 3.71. The van der Waals surface area contributed by atoms with Gasteiger partial charge < -0.3 is 10.1 Å². The van der Waals surface area contributed by atoms with Gasteiger partial charge in [0.25, 0.3) is 0 Å². The number of rotatable bonds is 12. The Morgan fingerprint density at radius 3 is 2.15 bits per heavy atom. The van der Waals surface area contributed by atoms with Gasteiger partial charge in [-0.2, -0.15) is 0 Å². The highest BCUT2D eigenvalue weighted by atomic mass is 16.5. The first kappa shape index (κ1) is 17.0. The van der Waals surface area contributed by atoms with E-state index in [-0.39, 0.29) is 0 Å². The number of nitrogens with one attached hydrogen (secondary N) is 1. The molecule has 1 N–H and O–H groups in total. The minimum Gasteiger partial charge on any atom is -0.497 e. The molecule has 0 heterocycles. The standard InChI is InChI=1S/C18H31NO/c1-3-4-5-6-7-8-9-15-19-16-14-17-10-12-18(20-2)13-11-17/h10-13,19H,3-9,14-16H2,1-2H3. The maximum absolute atomic E-state index is 5.16. The molecule has 0 unspecified atom stereocenters. The highest BCUT2D eigenvalue weighted by Gasteiger charge is 1.95. The molecule has 0 amide bonds. The van der Waals surface area contributed by atoms with Crippen molar-refractivity contribution in [2.24, 2.45) is 0 Å². The highest BCUT2D eigenvalue weighted by Crippen LogP contribution is 2.11. The molecule has 2 nitrogen and oxygen atoms in total. The lowest BCUT2D eigenvalue weighted by Crippen LogP contribution is -2.18. The van der Waals surface area contributed by atoms with Gasteiger partial charge in [0.1, 0.15) is 5.75 Å². The van der Waals surface area contributed by atoms with Crippen molar-refractivity contribution in [1.82, 2.24) is 5.32 Å². The molecule has 0 aliphatic heterocycles. The van der Waals surface area contributed by atoms with Gasteiger partial charge in [-0.25, -0.2) is 0 Å². The van der Waals surface area contributed by atoms with Crippen molar-refractivity contribution >= 4 is 0 Å². The van der Waals surface area contributed by atoms with Crippen LogP contribution in [0.2, 0.25) is 0 Å². The van der Waals surface area contributed by atoms with Gasteiger partial charge >= 0.3 is 0 Å². The van der Waals surface area contributed by atoms with Crippen LogP contribution in [-0.2, 0) is 6.42 Å². The summed E-state index contributed by atoms with van der Waals surface area (Å²) < 4.78 is 5.16. The Hall–Kier alpha value is -1.02. The molecule has 0 radical (unpaired) electrons. The van der Waals surface area contributed by atoms with E-state index in [0.717, 1.165) is 25.3 Å². The molecule has 1 rings (SSSR count). The fraction of sp³-hybridized carbons (Fsp3) is 0.667. The molecular formula is C18H31NO. The number of unbranched alkanes of at least 4 members (excludes halogenated alkanes) is 6. The zero-order chi connectivity index (χ0) is 14.5. The summed E-state index contributed by atoms with van der Waals surface area (Å²) in [5, 5.41) is 3.53. The molecule has 0 aliphatic rings. The van der Waals surface area contributed by atoms with Gasteiger partial charge in [0.05, 0.1) is 7.11 Å². The summed E-state index contributed by atoms with van der Waals surface area (Å²) >= 11 is 0. The molecule has 0 bridgehead atoms. The van der Waals surface area contributed by atoms with Gasteiger partial charge in [0, 0.05) is 0 Å². The van der Waals surface area contributed by atoms with Gasteiger partial charge in [-0.05, 0) is 43.6 Å². The van der Waals surface area contributed by atoms with Gasteiger partial charge in [-0.15, -0.1) is 0 Å². The maximum atomic E-state index is 5.16. The van der Waals surface area contributed by atoms with Crippen molar-refractivity contribution in [3.63, 3.8) is 0 Å². The first-order valence-corrected chi connectivity index (χ1v) is 8.20. The van der Waals surface area contributed by atoms with Gasteiger partial charge in [-0.1, -0.05) is 57.6 Å². The predicted octanol–water partition coefficient (Wildman–Crippen LogP) is 4.58. The molecule has 0 aliphatic carbocycles. The largest absolute Gasteiger partial charge is 0.497 e. The quantitative estimate of drug-likeness (QED) is 0.565. The zero-order valence-corrected chi connectivity index (χ0v) is 13.3. The SMILES string of the molecule is CCCCCCCCCNCCc1ccc(OC)cc1. The number of hydrogen-bond donors (Lipinski definition) is 1. The smallest absolute Gasteiger partial charge is 0.118 e. The average molecular weight is 277 g/mol. The van der Waals surface area contributed by atoms with E-state index in [0.29, 0.717) is 0 Å². The summed E-state index contributed by atoms with van der Waals surface area (Å²) in [6.07, 6.45) is 10.8. The van der Waals surface area contributed by atoms with Crippen LogP contribution in [0.25, 0.3) is 0 Å². The summed E-state index contributed by atoms with van der Waals surface area (Å²) in [4.78, 5) is 0. The van der Waals surface area contributed by atoms with E-state index in [1.807, 2.05) is 12.1 Å². The van der Waals surface area contributed by atoms with Crippen LogP contribution in [0, 0.1) is 0 Å². The second-order valence-electron chi connectivity index (χ2n) is 5.47. The Kier molecular flexibility index (Phi) is 10.0. The lowest BCUT2D eigenvalue weighted by molar-refractivity contribution is 0.414. The van der Waals surface area contributed by atoms with Gasteiger partial charge in [-0.3, -0.25) is 0 Å². The van der Waals surface area contributed by atoms with Crippen LogP contribution in [0.4, 0.5) is 0 Å². The molecule has 0 saturated heterocycles. The van der Waals surface area contributed by atoms with Crippen molar-refractivity contribution < 1.29 is 4.74 Å². The molecule has 2 heteroatoms. The zero-order valence-electron chi connectivity index (χ0n) is 13.3. The van der Waals surface area contributed by atoms with Crippen molar-refractivity contribution in [3.05, 3.63) is 29.8 Å². The molecular weight excluding hydrogens is 246 g/mol. The third kappa shape index (κ3) is 8.21. The number of hydrogen-bond acceptors (Lipinski definition) is 2. The van der Waals surface area contributed by atoms with E-state index in [4.69, 9.17) is 4.74 Å². The average Bonchev–Trinajstić information content (AvgIpc) is 2.50. The van der Waals surface area contributed by atoms with Crippen molar-refractivity contribution in [3.8, 4) is 5.75 Å². The van der Waals surface area contributed by atoms with Crippen LogP contribution in [0.3, 0.4) is 0 Å². The summed E-state index contributed by atoms with van der Waals surface area (Å²) in [7, 11) is 1.71. The summed E-state index contributed by atoms with van der Waals surface area (Å²) in [5.41, 5.74) is 1.37. The van der Waals surface area contributed by atoms with E-state index in [9.17, 15) is 0 Å².